The van der Waals surface area contributed by atoms with Gasteiger partial charge in [0.25, 0.3) is 0 Å². The van der Waals surface area contributed by atoms with Crippen LogP contribution in [-0.2, 0) is 0 Å². The van der Waals surface area contributed by atoms with Gasteiger partial charge >= 0.3 is 0 Å². The minimum atomic E-state index is 0.804. The average molecular weight is 400 g/mol. The third kappa shape index (κ3) is 3.47. The van der Waals surface area contributed by atoms with Crippen LogP contribution in [0.25, 0.3) is 11.1 Å². The maximum atomic E-state index is 4.85. The summed E-state index contributed by atoms with van der Waals surface area (Å²) < 4.78 is 1.08. The molecule has 0 saturated carbocycles. The summed E-state index contributed by atoms with van der Waals surface area (Å²) in [5.74, 6) is 0. The molecule has 0 atom stereocenters. The Bertz CT molecular complexity index is 999. The van der Waals surface area contributed by atoms with Crippen molar-refractivity contribution < 1.29 is 0 Å². The molecule has 0 aliphatic carbocycles. The van der Waals surface area contributed by atoms with Gasteiger partial charge in [0.1, 0.15) is 0 Å². The van der Waals surface area contributed by atoms with Crippen LogP contribution in [-0.4, -0.2) is 5.71 Å². The summed E-state index contributed by atoms with van der Waals surface area (Å²) >= 11 is 3.70. The molecule has 4 rings (SSSR count). The molecule has 3 aromatic rings. The van der Waals surface area contributed by atoms with Gasteiger partial charge in [0.2, 0.25) is 0 Å². The van der Waals surface area contributed by atoms with Gasteiger partial charge in [-0.15, -0.1) is 0 Å². The molecule has 0 fully saturated rings. The van der Waals surface area contributed by atoms with Gasteiger partial charge in [0, 0.05) is 22.7 Å². The number of hydrogen-bond acceptors (Lipinski definition) is 1. The lowest BCUT2D eigenvalue weighted by Crippen LogP contribution is -1.97. The molecule has 0 saturated heterocycles. The highest BCUT2D eigenvalue weighted by atomic mass is 79.9. The van der Waals surface area contributed by atoms with Crippen molar-refractivity contribution in [3.8, 4) is 0 Å². The van der Waals surface area contributed by atoms with E-state index in [-0.39, 0.29) is 0 Å². The first-order chi connectivity index (χ1) is 12.8. The highest BCUT2D eigenvalue weighted by molar-refractivity contribution is 9.10. The molecule has 0 radical (unpaired) electrons. The normalized spacial score (nSPS) is 14.1. The van der Waals surface area contributed by atoms with Gasteiger partial charge in [0.05, 0.1) is 5.71 Å². The van der Waals surface area contributed by atoms with Gasteiger partial charge in [-0.05, 0) is 28.3 Å². The molecule has 26 heavy (non-hydrogen) atoms. The first kappa shape index (κ1) is 16.7. The molecule has 0 N–H and O–H groups in total. The molecule has 1 aliphatic heterocycles. The Hall–Kier alpha value is -2.71. The van der Waals surface area contributed by atoms with Crippen molar-refractivity contribution in [2.45, 2.75) is 6.42 Å². The summed E-state index contributed by atoms with van der Waals surface area (Å²) in [4.78, 5) is 4.85. The second kappa shape index (κ2) is 7.67. The molecular formula is C24H18BrN. The van der Waals surface area contributed by atoms with E-state index in [1.165, 1.54) is 16.7 Å². The van der Waals surface area contributed by atoms with Crippen LogP contribution in [0.3, 0.4) is 0 Å². The molecule has 126 valence electrons. The lowest BCUT2D eigenvalue weighted by molar-refractivity contribution is 1.41. The van der Waals surface area contributed by atoms with Crippen molar-refractivity contribution >= 4 is 32.8 Å². The predicted octanol–water partition coefficient (Wildman–Crippen LogP) is 6.77. The fourth-order valence-corrected chi connectivity index (χ4v) is 3.68. The maximum Gasteiger partial charge on any atom is 0.0514 e. The highest BCUT2D eigenvalue weighted by Gasteiger charge is 2.16. The zero-order valence-electron chi connectivity index (χ0n) is 14.3. The average Bonchev–Trinajstić information content (AvgIpc) is 2.93. The van der Waals surface area contributed by atoms with Crippen LogP contribution in [0.4, 0.5) is 0 Å². The highest BCUT2D eigenvalue weighted by Crippen LogP contribution is 2.36. The third-order valence-electron chi connectivity index (χ3n) is 4.50. The third-order valence-corrected chi connectivity index (χ3v) is 5.19. The molecule has 1 aliphatic rings. The van der Waals surface area contributed by atoms with Crippen LogP contribution in [0, 0.1) is 0 Å². The van der Waals surface area contributed by atoms with Crippen LogP contribution in [0.15, 0.2) is 107 Å². The van der Waals surface area contributed by atoms with Gasteiger partial charge in [-0.1, -0.05) is 101 Å². The number of allylic oxidation sites excluding steroid dienone is 3. The summed E-state index contributed by atoms with van der Waals surface area (Å²) in [5.41, 5.74) is 6.96. The van der Waals surface area contributed by atoms with Crippen molar-refractivity contribution in [1.82, 2.24) is 0 Å². The van der Waals surface area contributed by atoms with E-state index >= 15 is 0 Å². The van der Waals surface area contributed by atoms with Crippen LogP contribution in [0.1, 0.15) is 23.1 Å². The zero-order valence-corrected chi connectivity index (χ0v) is 15.9. The Labute approximate surface area is 162 Å². The topological polar surface area (TPSA) is 12.4 Å². The summed E-state index contributed by atoms with van der Waals surface area (Å²) in [6.07, 6.45) is 5.10. The molecule has 0 aromatic heterocycles. The van der Waals surface area contributed by atoms with Crippen LogP contribution >= 0.6 is 15.9 Å². The van der Waals surface area contributed by atoms with Gasteiger partial charge < -0.3 is 0 Å². The van der Waals surface area contributed by atoms with E-state index in [0.29, 0.717) is 0 Å². The van der Waals surface area contributed by atoms with Crippen molar-refractivity contribution in [3.63, 3.8) is 0 Å². The first-order valence-corrected chi connectivity index (χ1v) is 9.45. The SMILES string of the molecule is Brc1ccccc1C1=CN=C(c2ccccc2)CC=C1c1ccccc1. The maximum absolute atomic E-state index is 4.85. The standard InChI is InChI=1S/C24H18BrN/c25-23-14-8-7-13-21(23)22-17-26-24(19-11-5-2-6-12-19)16-15-20(22)18-9-3-1-4-10-18/h1-15,17H,16H2. The van der Waals surface area contributed by atoms with E-state index in [0.717, 1.165) is 27.7 Å². The fraction of sp³-hybridized carbons (Fsp3) is 0.0417. The molecule has 2 heteroatoms. The summed E-state index contributed by atoms with van der Waals surface area (Å²) in [6, 6.07) is 29.2. The van der Waals surface area contributed by atoms with E-state index < -0.39 is 0 Å². The number of aliphatic imine (C=N–C) groups is 1. The van der Waals surface area contributed by atoms with Crippen LogP contribution in [0.5, 0.6) is 0 Å². The van der Waals surface area contributed by atoms with E-state index in [4.69, 9.17) is 4.99 Å². The quantitative estimate of drug-likeness (QED) is 0.460. The Morgan fingerprint density at radius 2 is 1.27 bits per heavy atom. The van der Waals surface area contributed by atoms with E-state index in [2.05, 4.69) is 94.8 Å². The molecule has 1 heterocycles. The van der Waals surface area contributed by atoms with Gasteiger partial charge in [0.15, 0.2) is 0 Å². The number of nitrogens with zero attached hydrogens (tertiary/aromatic N) is 1. The minimum Gasteiger partial charge on any atom is -0.260 e. The molecule has 1 nitrogen and oxygen atoms in total. The second-order valence-electron chi connectivity index (χ2n) is 6.15. The van der Waals surface area contributed by atoms with Gasteiger partial charge in [-0.25, -0.2) is 0 Å². The van der Waals surface area contributed by atoms with E-state index in [1.807, 2.05) is 18.3 Å². The van der Waals surface area contributed by atoms with E-state index in [9.17, 15) is 0 Å². The molecule has 0 bridgehead atoms. The zero-order chi connectivity index (χ0) is 17.8. The summed E-state index contributed by atoms with van der Waals surface area (Å²) in [5, 5.41) is 0. The largest absolute Gasteiger partial charge is 0.260 e. The number of hydrogen-bond donors (Lipinski definition) is 0. The lowest BCUT2D eigenvalue weighted by atomic mass is 9.92. The Morgan fingerprint density at radius 1 is 0.654 bits per heavy atom. The van der Waals surface area contributed by atoms with Crippen molar-refractivity contribution in [2.24, 2.45) is 4.99 Å². The second-order valence-corrected chi connectivity index (χ2v) is 7.01. The smallest absolute Gasteiger partial charge is 0.0514 e. The molecule has 3 aromatic carbocycles. The van der Waals surface area contributed by atoms with Crippen LogP contribution < -0.4 is 0 Å². The minimum absolute atomic E-state index is 0.804. The number of halogens is 1. The molecular weight excluding hydrogens is 382 g/mol. The Kier molecular flexibility index (Phi) is 4.94. The summed E-state index contributed by atoms with van der Waals surface area (Å²) in [6.45, 7) is 0. The van der Waals surface area contributed by atoms with Gasteiger partial charge in [-0.3, -0.25) is 4.99 Å². The molecule has 0 unspecified atom stereocenters. The van der Waals surface area contributed by atoms with Crippen molar-refractivity contribution in [3.05, 3.63) is 118 Å². The predicted molar refractivity (Wildman–Crippen MR) is 114 cm³/mol. The molecule has 0 amide bonds. The van der Waals surface area contributed by atoms with Gasteiger partial charge in [-0.2, -0.15) is 0 Å². The number of rotatable bonds is 3. The summed E-state index contributed by atoms with van der Waals surface area (Å²) in [7, 11) is 0. The lowest BCUT2D eigenvalue weighted by Gasteiger charge is -2.13. The fourth-order valence-electron chi connectivity index (χ4n) is 3.18. The monoisotopic (exact) mass is 399 g/mol. The number of benzene rings is 3. The Balaban J connectivity index is 1.86. The van der Waals surface area contributed by atoms with Crippen LogP contribution in [0.2, 0.25) is 0 Å². The first-order valence-electron chi connectivity index (χ1n) is 8.66. The molecule has 0 spiro atoms. The Morgan fingerprint density at radius 3 is 1.96 bits per heavy atom. The van der Waals surface area contributed by atoms with E-state index in [1.54, 1.807) is 0 Å². The van der Waals surface area contributed by atoms with Crippen molar-refractivity contribution in [1.29, 1.82) is 0 Å². The van der Waals surface area contributed by atoms with Crippen molar-refractivity contribution in [2.75, 3.05) is 0 Å².